The molecule has 0 radical (unpaired) electrons. The average Bonchev–Trinajstić information content (AvgIpc) is 2.78. The molecule has 1 unspecified atom stereocenters. The normalized spacial score (nSPS) is 13.7. The summed E-state index contributed by atoms with van der Waals surface area (Å²) in [4.78, 5) is 0.201. The highest BCUT2D eigenvalue weighted by Gasteiger charge is 2.22. The molecule has 6 nitrogen and oxygen atoms in total. The second-order valence-electron chi connectivity index (χ2n) is 8.03. The molecular formula is C25H29NO5S. The predicted octanol–water partition coefficient (Wildman–Crippen LogP) is 3.43. The number of rotatable bonds is 10. The van der Waals surface area contributed by atoms with E-state index >= 15 is 0 Å². The van der Waals surface area contributed by atoms with Gasteiger partial charge in [-0.05, 0) is 60.9 Å². The number of sulfone groups is 1. The Morgan fingerprint density at radius 3 is 1.81 bits per heavy atom. The summed E-state index contributed by atoms with van der Waals surface area (Å²) in [6.45, 7) is 2.12. The second kappa shape index (κ2) is 10.6. The van der Waals surface area contributed by atoms with Gasteiger partial charge in [0.2, 0.25) is 0 Å². The fourth-order valence-electron chi connectivity index (χ4n) is 3.69. The summed E-state index contributed by atoms with van der Waals surface area (Å²) in [6.07, 6.45) is -0.364. The number of hydrogen-bond donors (Lipinski definition) is 4. The van der Waals surface area contributed by atoms with Crippen LogP contribution in [-0.4, -0.2) is 48.2 Å². The van der Waals surface area contributed by atoms with Crippen molar-refractivity contribution < 1.29 is 23.7 Å². The zero-order chi connectivity index (χ0) is 23.1. The Morgan fingerprint density at radius 1 is 0.812 bits per heavy atom. The summed E-state index contributed by atoms with van der Waals surface area (Å²) in [5, 5.41) is 32.8. The minimum atomic E-state index is -3.56. The van der Waals surface area contributed by atoms with E-state index in [-0.39, 0.29) is 40.7 Å². The smallest absolute Gasteiger partial charge is 0.180 e. The van der Waals surface area contributed by atoms with Crippen molar-refractivity contribution in [1.29, 1.82) is 0 Å². The van der Waals surface area contributed by atoms with Crippen molar-refractivity contribution in [2.24, 2.45) is 0 Å². The molecule has 3 aromatic rings. The Labute approximate surface area is 189 Å². The third-order valence-electron chi connectivity index (χ3n) is 5.40. The molecule has 32 heavy (non-hydrogen) atoms. The predicted molar refractivity (Wildman–Crippen MR) is 125 cm³/mol. The van der Waals surface area contributed by atoms with Gasteiger partial charge < -0.3 is 20.6 Å². The molecule has 0 bridgehead atoms. The lowest BCUT2D eigenvalue weighted by molar-refractivity contribution is 0.188. The molecule has 170 valence electrons. The molecule has 0 saturated heterocycles. The summed E-state index contributed by atoms with van der Waals surface area (Å²) in [6, 6.07) is 22.1. The van der Waals surface area contributed by atoms with Crippen LogP contribution in [0.3, 0.4) is 0 Å². The molecule has 2 atom stereocenters. The minimum Gasteiger partial charge on any atom is -0.508 e. The molecule has 0 aliphatic rings. The van der Waals surface area contributed by atoms with Gasteiger partial charge in [-0.3, -0.25) is 0 Å². The van der Waals surface area contributed by atoms with Crippen molar-refractivity contribution in [2.75, 3.05) is 12.3 Å². The van der Waals surface area contributed by atoms with Gasteiger partial charge in [0.25, 0.3) is 0 Å². The van der Waals surface area contributed by atoms with Gasteiger partial charge in [0.05, 0.1) is 16.8 Å². The molecule has 0 saturated carbocycles. The first-order valence-corrected chi connectivity index (χ1v) is 12.2. The van der Waals surface area contributed by atoms with Crippen LogP contribution in [0.15, 0.2) is 83.8 Å². The van der Waals surface area contributed by atoms with Crippen LogP contribution in [0.5, 0.6) is 11.5 Å². The lowest BCUT2D eigenvalue weighted by Gasteiger charge is -2.24. The third kappa shape index (κ3) is 6.56. The standard InChI is InChI=1S/C25H29NO5S/c1-18(26-16-23(29)17-32(30,31)24-5-3-2-4-6-24)15-25(19-7-11-21(27)12-8-19)20-9-13-22(28)14-10-20/h2-14,18,23,25-29H,15-17H2,1H3/t18?,23-/m0/s1. The number of benzene rings is 3. The molecule has 0 fully saturated rings. The third-order valence-corrected chi connectivity index (χ3v) is 7.21. The highest BCUT2D eigenvalue weighted by molar-refractivity contribution is 7.91. The van der Waals surface area contributed by atoms with Crippen LogP contribution in [-0.2, 0) is 9.84 Å². The number of aromatic hydroxyl groups is 2. The van der Waals surface area contributed by atoms with Gasteiger partial charge in [0.15, 0.2) is 9.84 Å². The van der Waals surface area contributed by atoms with Crippen molar-refractivity contribution >= 4 is 9.84 Å². The van der Waals surface area contributed by atoms with E-state index < -0.39 is 15.9 Å². The maximum atomic E-state index is 12.5. The molecule has 0 spiro atoms. The Balaban J connectivity index is 1.64. The summed E-state index contributed by atoms with van der Waals surface area (Å²) in [5.41, 5.74) is 2.02. The first-order chi connectivity index (χ1) is 15.2. The van der Waals surface area contributed by atoms with Gasteiger partial charge in [0.1, 0.15) is 11.5 Å². The topological polar surface area (TPSA) is 107 Å². The maximum absolute atomic E-state index is 12.5. The Kier molecular flexibility index (Phi) is 7.90. The first-order valence-electron chi connectivity index (χ1n) is 10.5. The van der Waals surface area contributed by atoms with E-state index in [1.54, 1.807) is 42.5 Å². The quantitative estimate of drug-likeness (QED) is 0.373. The van der Waals surface area contributed by atoms with Gasteiger partial charge >= 0.3 is 0 Å². The molecule has 7 heteroatoms. The van der Waals surface area contributed by atoms with E-state index in [1.807, 2.05) is 31.2 Å². The van der Waals surface area contributed by atoms with Gasteiger partial charge in [-0.25, -0.2) is 8.42 Å². The molecular weight excluding hydrogens is 426 g/mol. The van der Waals surface area contributed by atoms with Gasteiger partial charge in [0, 0.05) is 18.5 Å². The summed E-state index contributed by atoms with van der Waals surface area (Å²) in [5.74, 6) is 0.0129. The number of aliphatic hydroxyl groups excluding tert-OH is 1. The van der Waals surface area contributed by atoms with Crippen molar-refractivity contribution in [1.82, 2.24) is 5.32 Å². The highest BCUT2D eigenvalue weighted by Crippen LogP contribution is 2.31. The van der Waals surface area contributed by atoms with Crippen LogP contribution in [0.4, 0.5) is 0 Å². The Hall–Kier alpha value is -2.87. The summed E-state index contributed by atoms with van der Waals surface area (Å²) >= 11 is 0. The van der Waals surface area contributed by atoms with Crippen molar-refractivity contribution in [2.45, 2.75) is 36.3 Å². The van der Waals surface area contributed by atoms with Crippen molar-refractivity contribution in [3.8, 4) is 11.5 Å². The van der Waals surface area contributed by atoms with Crippen LogP contribution in [0.2, 0.25) is 0 Å². The fourth-order valence-corrected chi connectivity index (χ4v) is 5.08. The van der Waals surface area contributed by atoms with Crippen LogP contribution in [0, 0.1) is 0 Å². The van der Waals surface area contributed by atoms with E-state index in [0.717, 1.165) is 11.1 Å². The highest BCUT2D eigenvalue weighted by atomic mass is 32.2. The van der Waals surface area contributed by atoms with Crippen molar-refractivity contribution in [3.63, 3.8) is 0 Å². The zero-order valence-corrected chi connectivity index (χ0v) is 18.7. The van der Waals surface area contributed by atoms with Crippen LogP contribution in [0.25, 0.3) is 0 Å². The lowest BCUT2D eigenvalue weighted by Crippen LogP contribution is -2.38. The number of phenolic OH excluding ortho intramolecular Hbond substituents is 2. The molecule has 0 amide bonds. The Bertz CT molecular complexity index is 1040. The van der Waals surface area contributed by atoms with Crippen LogP contribution < -0.4 is 5.32 Å². The monoisotopic (exact) mass is 455 g/mol. The number of hydrogen-bond acceptors (Lipinski definition) is 6. The molecule has 0 aliphatic heterocycles. The first kappa shape index (κ1) is 23.8. The van der Waals surface area contributed by atoms with Crippen molar-refractivity contribution in [3.05, 3.63) is 90.0 Å². The Morgan fingerprint density at radius 2 is 1.31 bits per heavy atom. The minimum absolute atomic E-state index is 0.0103. The number of nitrogens with one attached hydrogen (secondary N) is 1. The van der Waals surface area contributed by atoms with E-state index in [2.05, 4.69) is 5.32 Å². The molecule has 0 aliphatic carbocycles. The van der Waals surface area contributed by atoms with E-state index in [0.29, 0.717) is 6.42 Å². The molecule has 4 N–H and O–H groups in total. The average molecular weight is 456 g/mol. The molecule has 0 aromatic heterocycles. The fraction of sp³-hybridized carbons (Fsp3) is 0.280. The van der Waals surface area contributed by atoms with Gasteiger partial charge in [-0.1, -0.05) is 42.5 Å². The molecule has 3 rings (SSSR count). The van der Waals surface area contributed by atoms with Crippen LogP contribution in [0.1, 0.15) is 30.4 Å². The van der Waals surface area contributed by atoms with E-state index in [9.17, 15) is 23.7 Å². The number of aliphatic hydroxyl groups is 1. The van der Waals surface area contributed by atoms with Gasteiger partial charge in [-0.2, -0.15) is 0 Å². The van der Waals surface area contributed by atoms with E-state index in [1.165, 1.54) is 12.1 Å². The van der Waals surface area contributed by atoms with E-state index in [4.69, 9.17) is 0 Å². The second-order valence-corrected chi connectivity index (χ2v) is 10.1. The van der Waals surface area contributed by atoms with Crippen LogP contribution >= 0.6 is 0 Å². The van der Waals surface area contributed by atoms with Gasteiger partial charge in [-0.15, -0.1) is 0 Å². The largest absolute Gasteiger partial charge is 0.508 e. The maximum Gasteiger partial charge on any atom is 0.180 e. The lowest BCUT2D eigenvalue weighted by atomic mass is 9.86. The molecule has 3 aromatic carbocycles. The molecule has 0 heterocycles. The zero-order valence-electron chi connectivity index (χ0n) is 17.9. The SMILES string of the molecule is CC(CC(c1ccc(O)cc1)c1ccc(O)cc1)NC[C@H](O)CS(=O)(=O)c1ccccc1. The summed E-state index contributed by atoms with van der Waals surface area (Å²) < 4.78 is 24.9. The summed E-state index contributed by atoms with van der Waals surface area (Å²) in [7, 11) is -3.56. The number of phenols is 2.